The molecular weight excluding hydrogens is 514 g/mol. The Morgan fingerprint density at radius 1 is 1.19 bits per heavy atom. The normalized spacial score (nSPS) is 15.3. The van der Waals surface area contributed by atoms with Crippen molar-refractivity contribution < 1.29 is 24.2 Å². The summed E-state index contributed by atoms with van der Waals surface area (Å²) in [6.45, 7) is 2.34. The molecule has 0 bridgehead atoms. The summed E-state index contributed by atoms with van der Waals surface area (Å²) in [4.78, 5) is 38.9. The van der Waals surface area contributed by atoms with E-state index in [1.807, 2.05) is 18.6 Å². The monoisotopic (exact) mass is 541 g/mol. The van der Waals surface area contributed by atoms with E-state index in [0.29, 0.717) is 18.4 Å². The molecule has 0 aliphatic carbocycles. The number of ether oxygens (including phenoxy) is 2. The molecule has 0 saturated heterocycles. The van der Waals surface area contributed by atoms with Gasteiger partial charge in [0.25, 0.3) is 0 Å². The fourth-order valence-corrected chi connectivity index (χ4v) is 5.13. The Labute approximate surface area is 222 Å². The van der Waals surface area contributed by atoms with E-state index in [0.717, 1.165) is 27.5 Å². The van der Waals surface area contributed by atoms with Crippen LogP contribution >= 0.6 is 23.5 Å². The molecule has 37 heavy (non-hydrogen) atoms. The number of nitrogen functional groups attached to an aromatic ring is 1. The van der Waals surface area contributed by atoms with Crippen molar-refractivity contribution in [2.75, 3.05) is 36.8 Å². The number of carbonyl (C=O) groups excluding carboxylic acids is 1. The smallest absolute Gasteiger partial charge is 0.338 e. The van der Waals surface area contributed by atoms with Crippen LogP contribution in [0.1, 0.15) is 57.4 Å². The number of nitrogens with one attached hydrogen (secondary N) is 1. The number of anilines is 2. The molecule has 3 aromatic rings. The van der Waals surface area contributed by atoms with Crippen molar-refractivity contribution in [1.82, 2.24) is 15.0 Å². The van der Waals surface area contributed by atoms with E-state index in [9.17, 15) is 9.59 Å². The van der Waals surface area contributed by atoms with Gasteiger partial charge in [-0.05, 0) is 42.8 Å². The van der Waals surface area contributed by atoms with Crippen LogP contribution in [0.3, 0.4) is 0 Å². The highest BCUT2D eigenvalue weighted by atomic mass is 32.2. The number of carboxylic acid groups (broad SMARTS) is 1. The van der Waals surface area contributed by atoms with E-state index in [4.69, 9.17) is 20.3 Å². The predicted octanol–water partition coefficient (Wildman–Crippen LogP) is 4.49. The lowest BCUT2D eigenvalue weighted by molar-refractivity contribution is 0.0482. The molecule has 12 heteroatoms. The van der Waals surface area contributed by atoms with Gasteiger partial charge in [-0.2, -0.15) is 15.0 Å². The molecule has 4 N–H and O–H groups in total. The van der Waals surface area contributed by atoms with Gasteiger partial charge in [-0.3, -0.25) is 0 Å². The molecule has 0 radical (unpaired) electrons. The number of hydrogen-bond donors (Lipinski definition) is 3. The standard InChI is InChI=1S/C25H27N5O5S2/c1-13(12-35-23(33)15-6-4-5-14(9-15)22(31)32)21-28-24(26)30-25(29-21)27-17-7-8-34-18-10-16(36-2)11-19(37-3)20(17)18/h4-6,9-11,13,17H,7-8,12H2,1-3H3,(H,31,32)(H3,26,27,28,29,30). The molecule has 10 nitrogen and oxygen atoms in total. The van der Waals surface area contributed by atoms with E-state index >= 15 is 0 Å². The van der Waals surface area contributed by atoms with Gasteiger partial charge in [0, 0.05) is 21.8 Å². The van der Waals surface area contributed by atoms with Gasteiger partial charge in [-0.25, -0.2) is 9.59 Å². The van der Waals surface area contributed by atoms with Crippen LogP contribution in [-0.2, 0) is 4.74 Å². The summed E-state index contributed by atoms with van der Waals surface area (Å²) in [6.07, 6.45) is 4.79. The first-order chi connectivity index (χ1) is 17.8. The van der Waals surface area contributed by atoms with Gasteiger partial charge in [0.05, 0.1) is 29.7 Å². The third kappa shape index (κ3) is 6.25. The molecule has 0 amide bonds. The molecule has 1 aliphatic rings. The highest BCUT2D eigenvalue weighted by molar-refractivity contribution is 7.99. The van der Waals surface area contributed by atoms with Crippen molar-refractivity contribution in [1.29, 1.82) is 0 Å². The Bertz CT molecular complexity index is 1310. The lowest BCUT2D eigenvalue weighted by Gasteiger charge is -2.29. The van der Waals surface area contributed by atoms with Crippen LogP contribution in [0, 0.1) is 0 Å². The maximum Gasteiger partial charge on any atom is 0.338 e. The second kappa shape index (κ2) is 11.7. The molecule has 2 atom stereocenters. The number of benzene rings is 2. The molecule has 0 fully saturated rings. The summed E-state index contributed by atoms with van der Waals surface area (Å²) in [5.41, 5.74) is 7.20. The average Bonchev–Trinajstić information content (AvgIpc) is 2.90. The SMILES string of the molecule is CSc1cc2c(c(SC)c1)C(Nc1nc(N)nc(C(C)COC(=O)c3cccc(C(=O)O)c3)n1)CCO2. The molecule has 2 heterocycles. The first kappa shape index (κ1) is 26.6. The van der Waals surface area contributed by atoms with Crippen LogP contribution in [-0.4, -0.2) is 57.7 Å². The van der Waals surface area contributed by atoms with E-state index < -0.39 is 11.9 Å². The van der Waals surface area contributed by atoms with Crippen molar-refractivity contribution >= 4 is 47.4 Å². The maximum atomic E-state index is 12.5. The fourth-order valence-electron chi connectivity index (χ4n) is 3.89. The minimum atomic E-state index is -1.12. The number of carboxylic acids is 1. The van der Waals surface area contributed by atoms with Gasteiger partial charge in [0.1, 0.15) is 18.2 Å². The fraction of sp³-hybridized carbons (Fsp3) is 0.320. The summed E-state index contributed by atoms with van der Waals surface area (Å²) in [7, 11) is 0. The highest BCUT2D eigenvalue weighted by Crippen LogP contribution is 2.42. The Morgan fingerprint density at radius 2 is 1.97 bits per heavy atom. The van der Waals surface area contributed by atoms with E-state index in [2.05, 4.69) is 26.3 Å². The molecule has 4 rings (SSSR count). The Hall–Kier alpha value is -3.51. The zero-order valence-corrected chi connectivity index (χ0v) is 22.2. The molecule has 194 valence electrons. The summed E-state index contributed by atoms with van der Waals surface area (Å²) < 4.78 is 11.3. The minimum absolute atomic E-state index is 0.00689. The minimum Gasteiger partial charge on any atom is -0.493 e. The van der Waals surface area contributed by atoms with Crippen LogP contribution in [0.4, 0.5) is 11.9 Å². The Kier molecular flexibility index (Phi) is 8.39. The van der Waals surface area contributed by atoms with Gasteiger partial charge < -0.3 is 25.6 Å². The number of thioether (sulfide) groups is 2. The number of fused-ring (bicyclic) bond motifs is 1. The van der Waals surface area contributed by atoms with Crippen molar-refractivity contribution in [3.05, 3.63) is 58.9 Å². The highest BCUT2D eigenvalue weighted by Gasteiger charge is 2.27. The van der Waals surface area contributed by atoms with Crippen LogP contribution < -0.4 is 15.8 Å². The number of aromatic nitrogens is 3. The number of esters is 1. The average molecular weight is 542 g/mol. The second-order valence-electron chi connectivity index (χ2n) is 8.34. The lowest BCUT2D eigenvalue weighted by atomic mass is 10.0. The molecule has 0 spiro atoms. The molecule has 1 aromatic heterocycles. The number of nitrogens with zero attached hydrogens (tertiary/aromatic N) is 3. The second-order valence-corrected chi connectivity index (χ2v) is 10.1. The van der Waals surface area contributed by atoms with Gasteiger partial charge in [-0.1, -0.05) is 13.0 Å². The van der Waals surface area contributed by atoms with Crippen molar-refractivity contribution in [3.8, 4) is 5.75 Å². The molecular formula is C25H27N5O5S2. The number of carbonyl (C=O) groups is 2. The zero-order chi connectivity index (χ0) is 26.5. The van der Waals surface area contributed by atoms with E-state index in [1.54, 1.807) is 30.4 Å². The lowest BCUT2D eigenvalue weighted by Crippen LogP contribution is -2.23. The quantitative estimate of drug-likeness (QED) is 0.259. The number of rotatable bonds is 9. The molecule has 2 unspecified atom stereocenters. The molecule has 1 aliphatic heterocycles. The van der Waals surface area contributed by atoms with Gasteiger partial charge in [0.2, 0.25) is 11.9 Å². The van der Waals surface area contributed by atoms with Crippen molar-refractivity contribution in [2.45, 2.75) is 35.1 Å². The number of aromatic carboxylic acids is 1. The third-order valence-corrected chi connectivity index (χ3v) is 7.25. The van der Waals surface area contributed by atoms with Gasteiger partial charge in [0.15, 0.2) is 0 Å². The Morgan fingerprint density at radius 3 is 2.70 bits per heavy atom. The predicted molar refractivity (Wildman–Crippen MR) is 143 cm³/mol. The first-order valence-corrected chi connectivity index (χ1v) is 13.9. The molecule has 0 saturated carbocycles. The van der Waals surface area contributed by atoms with Crippen molar-refractivity contribution in [3.63, 3.8) is 0 Å². The third-order valence-electron chi connectivity index (χ3n) is 5.77. The van der Waals surface area contributed by atoms with Crippen LogP contribution in [0.5, 0.6) is 5.75 Å². The van der Waals surface area contributed by atoms with Crippen LogP contribution in [0.15, 0.2) is 46.2 Å². The van der Waals surface area contributed by atoms with Crippen LogP contribution in [0.25, 0.3) is 0 Å². The number of nitrogens with two attached hydrogens (primary N) is 1. The van der Waals surface area contributed by atoms with E-state index in [1.165, 1.54) is 24.3 Å². The van der Waals surface area contributed by atoms with Gasteiger partial charge >= 0.3 is 11.9 Å². The van der Waals surface area contributed by atoms with Gasteiger partial charge in [-0.15, -0.1) is 23.5 Å². The number of hydrogen-bond acceptors (Lipinski definition) is 11. The zero-order valence-electron chi connectivity index (χ0n) is 20.6. The summed E-state index contributed by atoms with van der Waals surface area (Å²) in [6, 6.07) is 9.79. The van der Waals surface area contributed by atoms with E-state index in [-0.39, 0.29) is 35.6 Å². The summed E-state index contributed by atoms with van der Waals surface area (Å²) >= 11 is 3.32. The van der Waals surface area contributed by atoms with Crippen molar-refractivity contribution in [2.24, 2.45) is 0 Å². The van der Waals surface area contributed by atoms with Crippen LogP contribution in [0.2, 0.25) is 0 Å². The maximum absolute atomic E-state index is 12.5. The summed E-state index contributed by atoms with van der Waals surface area (Å²) in [5.74, 6) is -0.547. The largest absolute Gasteiger partial charge is 0.493 e. The summed E-state index contributed by atoms with van der Waals surface area (Å²) in [5, 5.41) is 12.5. The topological polar surface area (TPSA) is 150 Å². The Balaban J connectivity index is 1.49. The molecule has 2 aromatic carbocycles. The first-order valence-electron chi connectivity index (χ1n) is 11.5.